The van der Waals surface area contributed by atoms with Gasteiger partial charge in [0.1, 0.15) is 17.2 Å². The van der Waals surface area contributed by atoms with Crippen LogP contribution in [0.3, 0.4) is 0 Å². The largest absolute Gasteiger partial charge is 0.508 e. The summed E-state index contributed by atoms with van der Waals surface area (Å²) in [7, 11) is 0. The zero-order chi connectivity index (χ0) is 20.4. The molecule has 5 heteroatoms. The van der Waals surface area contributed by atoms with Crippen molar-refractivity contribution in [1.82, 2.24) is 0 Å². The highest BCUT2D eigenvalue weighted by atomic mass is 32.1. The Bertz CT molecular complexity index is 1210. The third kappa shape index (κ3) is 4.00. The third-order valence-corrected chi connectivity index (χ3v) is 5.28. The summed E-state index contributed by atoms with van der Waals surface area (Å²) in [6.07, 6.45) is 2.64. The van der Waals surface area contributed by atoms with Gasteiger partial charge in [-0.25, -0.2) is 4.79 Å². The molecule has 0 amide bonds. The number of benzene rings is 3. The molecule has 0 atom stereocenters. The van der Waals surface area contributed by atoms with Gasteiger partial charge in [0.25, 0.3) is 0 Å². The SMILES string of the molecule is Cc1cc2cc(O)ccc2c(Oc2ccc(/C=C/C(=O)O)cc2)c1-c1ccsc1. The lowest BCUT2D eigenvalue weighted by atomic mass is 9.96. The number of aliphatic carboxylic acids is 1. The van der Waals surface area contributed by atoms with Crippen LogP contribution in [0.15, 0.2) is 71.4 Å². The number of thiophene rings is 1. The average Bonchev–Trinajstić information content (AvgIpc) is 3.21. The maximum absolute atomic E-state index is 10.7. The first kappa shape index (κ1) is 18.8. The third-order valence-electron chi connectivity index (χ3n) is 4.60. The van der Waals surface area contributed by atoms with E-state index in [0.717, 1.165) is 44.9 Å². The molecule has 1 aromatic heterocycles. The molecule has 0 fully saturated rings. The van der Waals surface area contributed by atoms with E-state index in [2.05, 4.69) is 17.5 Å². The lowest BCUT2D eigenvalue weighted by Gasteiger charge is -2.17. The number of hydrogen-bond donors (Lipinski definition) is 2. The Kier molecular flexibility index (Phi) is 5.06. The fourth-order valence-corrected chi connectivity index (χ4v) is 3.95. The standard InChI is InChI=1S/C24H18O4S/c1-15-12-18-13-19(25)5-8-21(18)24(23(15)17-10-11-29-14-17)28-20-6-2-16(3-7-20)4-9-22(26)27/h2-14,25H,1H3,(H,26,27)/b9-4+. The Morgan fingerprint density at radius 3 is 2.55 bits per heavy atom. The van der Waals surface area contributed by atoms with Crippen molar-refractivity contribution in [2.75, 3.05) is 0 Å². The predicted octanol–water partition coefficient (Wildman–Crippen LogP) is 6.47. The number of aryl methyl sites for hydroxylation is 1. The summed E-state index contributed by atoms with van der Waals surface area (Å²) < 4.78 is 6.33. The molecule has 1 heterocycles. The number of ether oxygens (including phenoxy) is 1. The molecule has 4 rings (SSSR count). The van der Waals surface area contributed by atoms with Crippen molar-refractivity contribution in [2.24, 2.45) is 0 Å². The Morgan fingerprint density at radius 1 is 1.07 bits per heavy atom. The van der Waals surface area contributed by atoms with E-state index in [1.165, 1.54) is 6.08 Å². The molecule has 0 radical (unpaired) electrons. The van der Waals surface area contributed by atoms with Crippen LogP contribution in [0, 0.1) is 6.92 Å². The number of phenols is 1. The van der Waals surface area contributed by atoms with E-state index in [9.17, 15) is 9.90 Å². The molecule has 0 aliphatic carbocycles. The van der Waals surface area contributed by atoms with Crippen LogP contribution in [0.1, 0.15) is 11.1 Å². The van der Waals surface area contributed by atoms with Gasteiger partial charge in [-0.15, -0.1) is 0 Å². The quantitative estimate of drug-likeness (QED) is 0.375. The molecule has 4 aromatic rings. The van der Waals surface area contributed by atoms with Gasteiger partial charge in [-0.1, -0.05) is 18.2 Å². The van der Waals surface area contributed by atoms with Gasteiger partial charge in [0.2, 0.25) is 0 Å². The molecular weight excluding hydrogens is 384 g/mol. The Morgan fingerprint density at radius 2 is 1.86 bits per heavy atom. The Balaban J connectivity index is 1.81. The summed E-state index contributed by atoms with van der Waals surface area (Å²) in [5.74, 6) is 0.599. The van der Waals surface area contributed by atoms with Crippen molar-refractivity contribution in [3.05, 3.63) is 82.6 Å². The van der Waals surface area contributed by atoms with Gasteiger partial charge in [-0.2, -0.15) is 11.3 Å². The van der Waals surface area contributed by atoms with E-state index >= 15 is 0 Å². The molecule has 29 heavy (non-hydrogen) atoms. The van der Waals surface area contributed by atoms with E-state index in [4.69, 9.17) is 9.84 Å². The van der Waals surface area contributed by atoms with Crippen molar-refractivity contribution in [2.45, 2.75) is 6.92 Å². The molecule has 0 bridgehead atoms. The zero-order valence-corrected chi connectivity index (χ0v) is 16.4. The minimum atomic E-state index is -0.986. The van der Waals surface area contributed by atoms with Crippen LogP contribution in [0.25, 0.3) is 28.0 Å². The van der Waals surface area contributed by atoms with E-state index in [1.54, 1.807) is 23.5 Å². The Labute approximate surface area is 172 Å². The first-order valence-electron chi connectivity index (χ1n) is 8.99. The van der Waals surface area contributed by atoms with Crippen molar-refractivity contribution in [3.63, 3.8) is 0 Å². The van der Waals surface area contributed by atoms with Crippen LogP contribution < -0.4 is 4.74 Å². The predicted molar refractivity (Wildman–Crippen MR) is 117 cm³/mol. The minimum absolute atomic E-state index is 0.209. The highest BCUT2D eigenvalue weighted by molar-refractivity contribution is 7.08. The van der Waals surface area contributed by atoms with Crippen LogP contribution in [-0.4, -0.2) is 16.2 Å². The topological polar surface area (TPSA) is 66.8 Å². The summed E-state index contributed by atoms with van der Waals surface area (Å²) in [5.41, 5.74) is 3.92. The molecule has 0 aliphatic heterocycles. The van der Waals surface area contributed by atoms with Crippen LogP contribution in [0.5, 0.6) is 17.2 Å². The summed E-state index contributed by atoms with van der Waals surface area (Å²) in [5, 5.41) is 24.6. The highest BCUT2D eigenvalue weighted by Gasteiger charge is 2.16. The van der Waals surface area contributed by atoms with Gasteiger partial charge < -0.3 is 14.9 Å². The lowest BCUT2D eigenvalue weighted by Crippen LogP contribution is -1.93. The second kappa shape index (κ2) is 7.81. The molecule has 0 spiro atoms. The van der Waals surface area contributed by atoms with Crippen molar-refractivity contribution < 1.29 is 19.7 Å². The molecule has 3 aromatic carbocycles. The van der Waals surface area contributed by atoms with Crippen molar-refractivity contribution >= 4 is 34.2 Å². The molecule has 0 aliphatic rings. The number of carboxylic acids is 1. The second-order valence-corrected chi connectivity index (χ2v) is 7.44. The highest BCUT2D eigenvalue weighted by Crippen LogP contribution is 2.43. The normalized spacial score (nSPS) is 11.2. The van der Waals surface area contributed by atoms with Crippen LogP contribution in [0.2, 0.25) is 0 Å². The number of carbonyl (C=O) groups is 1. The number of carboxylic acid groups (broad SMARTS) is 1. The number of rotatable bonds is 5. The van der Waals surface area contributed by atoms with Gasteiger partial charge in [0.05, 0.1) is 0 Å². The number of fused-ring (bicyclic) bond motifs is 1. The lowest BCUT2D eigenvalue weighted by molar-refractivity contribution is -0.131. The molecule has 2 N–H and O–H groups in total. The van der Waals surface area contributed by atoms with Crippen molar-refractivity contribution in [1.29, 1.82) is 0 Å². The van der Waals surface area contributed by atoms with Crippen LogP contribution >= 0.6 is 11.3 Å². The number of phenolic OH excluding ortho intramolecular Hbond substituents is 1. The van der Waals surface area contributed by atoms with Crippen molar-refractivity contribution in [3.8, 4) is 28.4 Å². The first-order chi connectivity index (χ1) is 14.0. The molecular formula is C24H18O4S. The van der Waals surface area contributed by atoms with Crippen LogP contribution in [0.4, 0.5) is 0 Å². The summed E-state index contributed by atoms with van der Waals surface area (Å²) >= 11 is 1.62. The maximum atomic E-state index is 10.7. The van der Waals surface area contributed by atoms with Gasteiger partial charge >= 0.3 is 5.97 Å². The molecule has 0 unspecified atom stereocenters. The fourth-order valence-electron chi connectivity index (χ4n) is 3.30. The average molecular weight is 402 g/mol. The molecule has 144 valence electrons. The maximum Gasteiger partial charge on any atom is 0.328 e. The Hall–Kier alpha value is -3.57. The van der Waals surface area contributed by atoms with Crippen LogP contribution in [-0.2, 0) is 4.79 Å². The number of aromatic hydroxyl groups is 1. The second-order valence-electron chi connectivity index (χ2n) is 6.66. The van der Waals surface area contributed by atoms with E-state index in [-0.39, 0.29) is 5.75 Å². The monoisotopic (exact) mass is 402 g/mol. The summed E-state index contributed by atoms with van der Waals surface area (Å²) in [6, 6.07) is 16.6. The van der Waals surface area contributed by atoms with Gasteiger partial charge in [0.15, 0.2) is 0 Å². The summed E-state index contributed by atoms with van der Waals surface area (Å²) in [6.45, 7) is 2.03. The zero-order valence-electron chi connectivity index (χ0n) is 15.6. The van der Waals surface area contributed by atoms with E-state index in [0.29, 0.717) is 5.75 Å². The van der Waals surface area contributed by atoms with Gasteiger partial charge in [-0.3, -0.25) is 0 Å². The van der Waals surface area contributed by atoms with E-state index < -0.39 is 5.97 Å². The molecule has 4 nitrogen and oxygen atoms in total. The first-order valence-corrected chi connectivity index (χ1v) is 9.93. The molecule has 0 saturated heterocycles. The minimum Gasteiger partial charge on any atom is -0.508 e. The van der Waals surface area contributed by atoms with E-state index in [1.807, 2.05) is 42.6 Å². The van der Waals surface area contributed by atoms with Gasteiger partial charge in [-0.05, 0) is 82.2 Å². The summed E-state index contributed by atoms with van der Waals surface area (Å²) in [4.78, 5) is 10.7. The smallest absolute Gasteiger partial charge is 0.328 e. The molecule has 0 saturated carbocycles. The van der Waals surface area contributed by atoms with Gasteiger partial charge in [0, 0.05) is 17.0 Å². The fraction of sp³-hybridized carbons (Fsp3) is 0.0417. The number of hydrogen-bond acceptors (Lipinski definition) is 4.